The van der Waals surface area contributed by atoms with E-state index in [1.807, 2.05) is 42.5 Å². The van der Waals surface area contributed by atoms with Crippen molar-refractivity contribution in [3.63, 3.8) is 0 Å². The number of aryl methyl sites for hydroxylation is 1. The Morgan fingerprint density at radius 1 is 0.851 bits per heavy atom. The molecule has 0 saturated heterocycles. The maximum atomic E-state index is 14.7. The normalized spacial score (nSPS) is 14.3. The third-order valence-corrected chi connectivity index (χ3v) is 10.9. The van der Waals surface area contributed by atoms with E-state index in [1.165, 1.54) is 17.0 Å². The summed E-state index contributed by atoms with van der Waals surface area (Å²) in [5.41, 5.74) is 2.41. The summed E-state index contributed by atoms with van der Waals surface area (Å²) in [6.07, 6.45) is 5.18. The van der Waals surface area contributed by atoms with Crippen LogP contribution in [0.2, 0.25) is 10.0 Å². The van der Waals surface area contributed by atoms with Gasteiger partial charge in [-0.2, -0.15) is 0 Å². The number of nitrogens with one attached hydrogen (secondary N) is 1. The second-order valence-corrected chi connectivity index (χ2v) is 14.6. The highest BCUT2D eigenvalue weighted by Gasteiger charge is 2.36. The zero-order chi connectivity index (χ0) is 33.4. The highest BCUT2D eigenvalue weighted by molar-refractivity contribution is 7.92. The molecule has 0 spiro atoms. The lowest BCUT2D eigenvalue weighted by molar-refractivity contribution is -0.140. The lowest BCUT2D eigenvalue weighted by atomic mass is 9.94. The predicted molar refractivity (Wildman–Crippen MR) is 188 cm³/mol. The van der Waals surface area contributed by atoms with Gasteiger partial charge in [0.25, 0.3) is 10.0 Å². The van der Waals surface area contributed by atoms with Crippen molar-refractivity contribution in [3.05, 3.63) is 130 Å². The quantitative estimate of drug-likeness (QED) is 0.166. The minimum Gasteiger partial charge on any atom is -0.352 e. The molecule has 4 aromatic rings. The molecule has 7 nitrogen and oxygen atoms in total. The molecule has 10 heteroatoms. The molecule has 1 fully saturated rings. The Morgan fingerprint density at radius 3 is 2.15 bits per heavy atom. The summed E-state index contributed by atoms with van der Waals surface area (Å²) < 4.78 is 29.5. The first-order valence-electron chi connectivity index (χ1n) is 15.8. The molecule has 0 aliphatic heterocycles. The highest BCUT2D eigenvalue weighted by Crippen LogP contribution is 2.30. The van der Waals surface area contributed by atoms with E-state index in [4.69, 9.17) is 23.2 Å². The molecule has 1 N–H and O–H groups in total. The average molecular weight is 693 g/mol. The van der Waals surface area contributed by atoms with Crippen LogP contribution in [0, 0.1) is 6.92 Å². The van der Waals surface area contributed by atoms with E-state index in [9.17, 15) is 18.0 Å². The van der Waals surface area contributed by atoms with E-state index in [1.54, 1.807) is 55.5 Å². The molecule has 1 aliphatic carbocycles. The van der Waals surface area contributed by atoms with Crippen LogP contribution in [-0.2, 0) is 32.6 Å². The summed E-state index contributed by atoms with van der Waals surface area (Å²) in [5.74, 6) is -0.820. The number of benzene rings is 4. The number of anilines is 1. The van der Waals surface area contributed by atoms with Gasteiger partial charge in [0.1, 0.15) is 12.6 Å². The maximum Gasteiger partial charge on any atom is 0.264 e. The number of carbonyl (C=O) groups excluding carboxylic acids is 2. The number of amides is 2. The SMILES string of the molecule is Cc1cc(Cl)ccc1N(CC(=O)N(Cc1ccccc1Cl)[C@H](Cc1ccccc1)C(=O)NC1CCCCC1)S(=O)(=O)c1ccccc1. The second kappa shape index (κ2) is 15.8. The molecule has 1 saturated carbocycles. The summed E-state index contributed by atoms with van der Waals surface area (Å²) in [6, 6.07) is 28.6. The van der Waals surface area contributed by atoms with E-state index in [0.29, 0.717) is 26.9 Å². The van der Waals surface area contributed by atoms with Gasteiger partial charge in [-0.3, -0.25) is 13.9 Å². The summed E-state index contributed by atoms with van der Waals surface area (Å²) in [7, 11) is -4.21. The Kier molecular flexibility index (Phi) is 11.6. The Morgan fingerprint density at radius 2 is 1.49 bits per heavy atom. The molecule has 4 aromatic carbocycles. The number of hydrogen-bond acceptors (Lipinski definition) is 4. The van der Waals surface area contributed by atoms with E-state index < -0.39 is 28.5 Å². The van der Waals surface area contributed by atoms with Gasteiger partial charge in [0.15, 0.2) is 0 Å². The molecule has 5 rings (SSSR count). The van der Waals surface area contributed by atoms with E-state index >= 15 is 0 Å². The monoisotopic (exact) mass is 691 g/mol. The second-order valence-electron chi connectivity index (χ2n) is 11.9. The van der Waals surface area contributed by atoms with Crippen molar-refractivity contribution in [1.82, 2.24) is 10.2 Å². The Bertz CT molecular complexity index is 1780. The van der Waals surface area contributed by atoms with Crippen LogP contribution in [0.1, 0.15) is 48.8 Å². The molecule has 0 bridgehead atoms. The Hall–Kier alpha value is -3.85. The molecule has 1 atom stereocenters. The number of carbonyl (C=O) groups is 2. The van der Waals surface area contributed by atoms with Crippen LogP contribution < -0.4 is 9.62 Å². The molecule has 0 unspecified atom stereocenters. The van der Waals surface area contributed by atoms with Crippen molar-refractivity contribution in [2.24, 2.45) is 0 Å². The number of sulfonamides is 1. The maximum absolute atomic E-state index is 14.7. The third-order valence-electron chi connectivity index (χ3n) is 8.56. The molecule has 47 heavy (non-hydrogen) atoms. The van der Waals surface area contributed by atoms with Crippen molar-refractivity contribution in [1.29, 1.82) is 0 Å². The Balaban J connectivity index is 1.58. The standard InChI is InChI=1S/C37H39Cl2N3O4S/c1-27-23-30(38)21-22-34(27)42(47(45,46)32-18-9-4-10-19-32)26-36(43)41(25-29-15-11-12-20-33(29)39)35(24-28-13-5-2-6-14-28)37(44)40-31-16-7-3-8-17-31/h2,4-6,9-15,18-23,31,35H,3,7-8,16-17,24-26H2,1H3,(H,40,44)/t35-/m1/s1. The molecule has 0 radical (unpaired) electrons. The van der Waals surface area contributed by atoms with Crippen LogP contribution in [0.3, 0.4) is 0 Å². The zero-order valence-corrected chi connectivity index (χ0v) is 28.6. The fourth-order valence-electron chi connectivity index (χ4n) is 6.04. The lowest BCUT2D eigenvalue weighted by Crippen LogP contribution is -2.55. The van der Waals surface area contributed by atoms with Crippen LogP contribution in [0.15, 0.2) is 108 Å². The van der Waals surface area contributed by atoms with Crippen molar-refractivity contribution in [2.45, 2.75) is 69.0 Å². The zero-order valence-electron chi connectivity index (χ0n) is 26.3. The van der Waals surface area contributed by atoms with Crippen molar-refractivity contribution >= 4 is 50.7 Å². The molecular weight excluding hydrogens is 653 g/mol. The molecular formula is C37H39Cl2N3O4S. The first-order chi connectivity index (χ1) is 22.6. The van der Waals surface area contributed by atoms with Gasteiger partial charge in [0.2, 0.25) is 11.8 Å². The smallest absolute Gasteiger partial charge is 0.264 e. The van der Waals surface area contributed by atoms with Gasteiger partial charge in [-0.1, -0.05) is 109 Å². The molecule has 1 aliphatic rings. The molecule has 2 amide bonds. The van der Waals surface area contributed by atoms with Gasteiger partial charge in [0, 0.05) is 29.1 Å². The predicted octanol–water partition coefficient (Wildman–Crippen LogP) is 7.59. The number of rotatable bonds is 12. The van der Waals surface area contributed by atoms with Crippen molar-refractivity contribution in [2.75, 3.05) is 10.8 Å². The Labute approximate surface area is 287 Å². The van der Waals surface area contributed by atoms with Gasteiger partial charge < -0.3 is 10.2 Å². The lowest BCUT2D eigenvalue weighted by Gasteiger charge is -2.35. The largest absolute Gasteiger partial charge is 0.352 e. The minimum atomic E-state index is -4.21. The molecule has 0 heterocycles. The average Bonchev–Trinajstić information content (AvgIpc) is 3.07. The van der Waals surface area contributed by atoms with Gasteiger partial charge in [-0.05, 0) is 72.9 Å². The number of nitrogens with zero attached hydrogens (tertiary/aromatic N) is 2. The van der Waals surface area contributed by atoms with Gasteiger partial charge in [-0.25, -0.2) is 8.42 Å². The van der Waals surface area contributed by atoms with E-state index in [2.05, 4.69) is 5.32 Å². The van der Waals surface area contributed by atoms with Crippen LogP contribution >= 0.6 is 23.2 Å². The van der Waals surface area contributed by atoms with E-state index in [0.717, 1.165) is 42.0 Å². The molecule has 246 valence electrons. The van der Waals surface area contributed by atoms with Crippen molar-refractivity contribution < 1.29 is 18.0 Å². The molecule has 0 aromatic heterocycles. The van der Waals surface area contributed by atoms with Crippen LogP contribution in [0.25, 0.3) is 0 Å². The fourth-order valence-corrected chi connectivity index (χ4v) is 7.96. The van der Waals surface area contributed by atoms with Crippen LogP contribution in [0.5, 0.6) is 0 Å². The van der Waals surface area contributed by atoms with Gasteiger partial charge >= 0.3 is 0 Å². The first kappa shape index (κ1) is 34.5. The summed E-state index contributed by atoms with van der Waals surface area (Å²) in [6.45, 7) is 1.20. The number of halogens is 2. The number of hydrogen-bond donors (Lipinski definition) is 1. The van der Waals surface area contributed by atoms with Crippen LogP contribution in [0.4, 0.5) is 5.69 Å². The summed E-state index contributed by atoms with van der Waals surface area (Å²) in [5, 5.41) is 4.10. The van der Waals surface area contributed by atoms with Gasteiger partial charge in [-0.15, -0.1) is 0 Å². The van der Waals surface area contributed by atoms with Crippen LogP contribution in [-0.4, -0.2) is 43.8 Å². The minimum absolute atomic E-state index is 0.00686. The first-order valence-corrected chi connectivity index (χ1v) is 18.0. The topological polar surface area (TPSA) is 86.8 Å². The third kappa shape index (κ3) is 8.74. The van der Waals surface area contributed by atoms with Crippen molar-refractivity contribution in [3.8, 4) is 0 Å². The summed E-state index contributed by atoms with van der Waals surface area (Å²) >= 11 is 12.9. The fraction of sp³-hybridized carbons (Fsp3) is 0.297. The highest BCUT2D eigenvalue weighted by atomic mass is 35.5. The summed E-state index contributed by atoms with van der Waals surface area (Å²) in [4.78, 5) is 30.4. The van der Waals surface area contributed by atoms with E-state index in [-0.39, 0.29) is 29.8 Å². The van der Waals surface area contributed by atoms with Gasteiger partial charge in [0.05, 0.1) is 10.6 Å².